The summed E-state index contributed by atoms with van der Waals surface area (Å²) in [5.74, 6) is -0.991. The van der Waals surface area contributed by atoms with E-state index >= 15 is 0 Å². The predicted molar refractivity (Wildman–Crippen MR) is 297 cm³/mol. The van der Waals surface area contributed by atoms with E-state index in [1.807, 2.05) is 0 Å². The van der Waals surface area contributed by atoms with Crippen LogP contribution in [0.2, 0.25) is 0 Å². The summed E-state index contributed by atoms with van der Waals surface area (Å²) in [6, 6.07) is 0. The zero-order chi connectivity index (χ0) is 50.0. The molecule has 1 atom stereocenters. The minimum absolute atomic E-state index is 0.113. The normalized spacial score (nSPS) is 13.0. The third-order valence-electron chi connectivity index (χ3n) is 11.4. The zero-order valence-corrected chi connectivity index (χ0v) is 44.5. The van der Waals surface area contributed by atoms with Gasteiger partial charge < -0.3 is 14.2 Å². The number of carbonyl (C=O) groups excluding carboxylic acids is 3. The van der Waals surface area contributed by atoms with Crippen LogP contribution in [0, 0.1) is 0 Å². The van der Waals surface area contributed by atoms with E-state index in [1.54, 1.807) is 0 Å². The van der Waals surface area contributed by atoms with Gasteiger partial charge >= 0.3 is 17.9 Å². The number of ether oxygens (including phenoxy) is 3. The van der Waals surface area contributed by atoms with Crippen molar-refractivity contribution in [3.8, 4) is 0 Å². The van der Waals surface area contributed by atoms with Crippen LogP contribution in [0.15, 0.2) is 122 Å². The fraction of sp³-hybridized carbons (Fsp3) is 0.635. The van der Waals surface area contributed by atoms with Gasteiger partial charge in [-0.15, -0.1) is 0 Å². The van der Waals surface area contributed by atoms with Gasteiger partial charge in [-0.2, -0.15) is 0 Å². The Kier molecular flexibility index (Phi) is 53.0. The number of esters is 3. The van der Waals surface area contributed by atoms with Gasteiger partial charge in [-0.25, -0.2) is 0 Å². The fourth-order valence-electron chi connectivity index (χ4n) is 7.28. The van der Waals surface area contributed by atoms with Crippen LogP contribution in [0.5, 0.6) is 0 Å². The molecular formula is C63H102O6. The predicted octanol–water partition coefficient (Wildman–Crippen LogP) is 18.9. The molecule has 69 heavy (non-hydrogen) atoms. The second-order valence-corrected chi connectivity index (χ2v) is 18.1. The summed E-state index contributed by atoms with van der Waals surface area (Å²) in [4.78, 5) is 38.1. The van der Waals surface area contributed by atoms with Crippen LogP contribution in [-0.2, 0) is 28.6 Å². The highest BCUT2D eigenvalue weighted by Gasteiger charge is 2.19. The average Bonchev–Trinajstić information content (AvgIpc) is 3.35. The second-order valence-electron chi connectivity index (χ2n) is 18.1. The van der Waals surface area contributed by atoms with Crippen molar-refractivity contribution in [1.29, 1.82) is 0 Å². The highest BCUT2D eigenvalue weighted by molar-refractivity contribution is 5.71. The van der Waals surface area contributed by atoms with Crippen molar-refractivity contribution in [2.75, 3.05) is 13.2 Å². The van der Waals surface area contributed by atoms with Crippen LogP contribution in [0.4, 0.5) is 0 Å². The minimum Gasteiger partial charge on any atom is -0.462 e. The maximum Gasteiger partial charge on any atom is 0.306 e. The molecule has 0 aliphatic carbocycles. The molecule has 0 radical (unpaired) electrons. The van der Waals surface area contributed by atoms with Crippen molar-refractivity contribution in [3.63, 3.8) is 0 Å². The van der Waals surface area contributed by atoms with Crippen LogP contribution in [0.1, 0.15) is 239 Å². The molecule has 0 spiro atoms. The Morgan fingerprint density at radius 1 is 0.304 bits per heavy atom. The summed E-state index contributed by atoms with van der Waals surface area (Å²) in [5, 5.41) is 0. The van der Waals surface area contributed by atoms with E-state index in [0.717, 1.165) is 116 Å². The largest absolute Gasteiger partial charge is 0.462 e. The van der Waals surface area contributed by atoms with Gasteiger partial charge in [0.1, 0.15) is 13.2 Å². The molecule has 6 heteroatoms. The number of allylic oxidation sites excluding steroid dienone is 20. The fourth-order valence-corrected chi connectivity index (χ4v) is 7.28. The average molecular weight is 956 g/mol. The minimum atomic E-state index is -0.815. The van der Waals surface area contributed by atoms with Gasteiger partial charge in [0.05, 0.1) is 0 Å². The Morgan fingerprint density at radius 2 is 0.565 bits per heavy atom. The molecular weight excluding hydrogens is 853 g/mol. The molecule has 6 nitrogen and oxygen atoms in total. The van der Waals surface area contributed by atoms with E-state index in [4.69, 9.17) is 14.2 Å². The molecule has 0 aromatic carbocycles. The van der Waals surface area contributed by atoms with E-state index < -0.39 is 6.10 Å². The molecule has 0 aromatic heterocycles. The number of hydrogen-bond acceptors (Lipinski definition) is 6. The van der Waals surface area contributed by atoms with E-state index in [9.17, 15) is 14.4 Å². The highest BCUT2D eigenvalue weighted by atomic mass is 16.6. The highest BCUT2D eigenvalue weighted by Crippen LogP contribution is 2.13. The lowest BCUT2D eigenvalue weighted by atomic mass is 10.1. The standard InChI is InChI=1S/C63H102O6/c1-4-7-10-13-16-19-22-25-28-30-31-33-35-38-41-44-47-50-53-56-62(65)68-59-60(58-67-61(64)55-52-49-46-43-40-37-34-27-24-21-18-15-12-9-6-3)69-63(66)57-54-51-48-45-42-39-36-32-29-26-23-20-17-14-11-8-5-2/h7,9-10,12,16,18-19,21,25-29,31,33-34,38,40-41,43,60H,4-6,8,11,13-15,17,20,22-24,30,32,35-37,39,42,44-59H2,1-3H3/b10-7-,12-9-,19-16-,21-18-,28-25-,29-26-,33-31-,34-27-,41-38-,43-40-. The molecule has 1 unspecified atom stereocenters. The van der Waals surface area contributed by atoms with Crippen LogP contribution in [0.3, 0.4) is 0 Å². The SMILES string of the molecule is CC/C=C\C/C=C\C/C=C\C/C=C\C/C=C\CCCCCC(=O)OCC(COC(=O)CCCC/C=C\C/C=C\C/C=C\C/C=C\CC)OC(=O)CCCCCCCCC/C=C\CCCCCCCC. The van der Waals surface area contributed by atoms with Crippen LogP contribution in [0.25, 0.3) is 0 Å². The van der Waals surface area contributed by atoms with E-state index in [0.29, 0.717) is 25.7 Å². The topological polar surface area (TPSA) is 78.9 Å². The van der Waals surface area contributed by atoms with Crippen molar-refractivity contribution in [2.45, 2.75) is 245 Å². The van der Waals surface area contributed by atoms with Gasteiger partial charge in [-0.05, 0) is 128 Å². The van der Waals surface area contributed by atoms with Crippen LogP contribution in [-0.4, -0.2) is 37.2 Å². The Labute approximate surface area is 424 Å². The van der Waals surface area contributed by atoms with Crippen molar-refractivity contribution in [2.24, 2.45) is 0 Å². The molecule has 0 N–H and O–H groups in total. The lowest BCUT2D eigenvalue weighted by Crippen LogP contribution is -2.30. The smallest absolute Gasteiger partial charge is 0.306 e. The molecule has 0 fully saturated rings. The molecule has 0 heterocycles. The van der Waals surface area contributed by atoms with Gasteiger partial charge in [0.2, 0.25) is 0 Å². The first-order valence-electron chi connectivity index (χ1n) is 28.0. The molecule has 0 aromatic rings. The first-order valence-corrected chi connectivity index (χ1v) is 28.0. The van der Waals surface area contributed by atoms with Crippen LogP contribution >= 0.6 is 0 Å². The number of hydrogen-bond donors (Lipinski definition) is 0. The van der Waals surface area contributed by atoms with Crippen molar-refractivity contribution >= 4 is 17.9 Å². The van der Waals surface area contributed by atoms with Gasteiger partial charge in [-0.3, -0.25) is 14.4 Å². The molecule has 0 aliphatic heterocycles. The maximum absolute atomic E-state index is 12.9. The summed E-state index contributed by atoms with van der Waals surface area (Å²) >= 11 is 0. The summed E-state index contributed by atoms with van der Waals surface area (Å²) in [6.45, 7) is 6.33. The van der Waals surface area contributed by atoms with Gasteiger partial charge in [0.15, 0.2) is 6.10 Å². The third kappa shape index (κ3) is 54.6. The lowest BCUT2D eigenvalue weighted by Gasteiger charge is -2.18. The first-order chi connectivity index (χ1) is 34.0. The lowest BCUT2D eigenvalue weighted by molar-refractivity contribution is -0.167. The molecule has 0 aliphatic rings. The number of carbonyl (C=O) groups is 3. The first kappa shape index (κ1) is 64.8. The van der Waals surface area contributed by atoms with Gasteiger partial charge in [0.25, 0.3) is 0 Å². The number of unbranched alkanes of at least 4 members (excludes halogenated alkanes) is 18. The maximum atomic E-state index is 12.9. The van der Waals surface area contributed by atoms with E-state index in [2.05, 4.69) is 142 Å². The molecule has 0 bridgehead atoms. The monoisotopic (exact) mass is 955 g/mol. The molecule has 0 rings (SSSR count). The molecule has 0 amide bonds. The van der Waals surface area contributed by atoms with Gasteiger partial charge in [0, 0.05) is 19.3 Å². The molecule has 390 valence electrons. The van der Waals surface area contributed by atoms with Crippen LogP contribution < -0.4 is 0 Å². The van der Waals surface area contributed by atoms with Crippen molar-refractivity contribution in [1.82, 2.24) is 0 Å². The summed E-state index contributed by atoms with van der Waals surface area (Å²) in [5.41, 5.74) is 0. The van der Waals surface area contributed by atoms with E-state index in [-0.39, 0.29) is 31.1 Å². The Balaban J connectivity index is 4.53. The summed E-state index contributed by atoms with van der Waals surface area (Å²) in [7, 11) is 0. The molecule has 0 saturated heterocycles. The Morgan fingerprint density at radius 3 is 0.942 bits per heavy atom. The zero-order valence-electron chi connectivity index (χ0n) is 44.5. The summed E-state index contributed by atoms with van der Waals surface area (Å²) < 4.78 is 16.8. The Hall–Kier alpha value is -4.19. The number of rotatable bonds is 49. The third-order valence-corrected chi connectivity index (χ3v) is 11.4. The summed E-state index contributed by atoms with van der Waals surface area (Å²) in [6.07, 6.45) is 77.6. The second kappa shape index (κ2) is 56.4. The van der Waals surface area contributed by atoms with Crippen molar-refractivity contribution < 1.29 is 28.6 Å². The Bertz CT molecular complexity index is 1470. The van der Waals surface area contributed by atoms with E-state index in [1.165, 1.54) is 77.0 Å². The molecule has 0 saturated carbocycles. The quantitative estimate of drug-likeness (QED) is 0.0262. The van der Waals surface area contributed by atoms with Crippen molar-refractivity contribution in [3.05, 3.63) is 122 Å². The van der Waals surface area contributed by atoms with Gasteiger partial charge in [-0.1, -0.05) is 213 Å².